The van der Waals surface area contributed by atoms with Gasteiger partial charge in [0.25, 0.3) is 7.82 Å². The van der Waals surface area contributed by atoms with E-state index in [2.05, 4.69) is 8.62 Å². The fourth-order valence-corrected chi connectivity index (χ4v) is 2.38. The second kappa shape index (κ2) is 10.7. The van der Waals surface area contributed by atoms with Gasteiger partial charge in [-0.1, -0.05) is 0 Å². The van der Waals surface area contributed by atoms with Gasteiger partial charge in [-0.25, -0.2) is 9.13 Å². The summed E-state index contributed by atoms with van der Waals surface area (Å²) in [6, 6.07) is 0. The summed E-state index contributed by atoms with van der Waals surface area (Å²) in [5.74, 6) is 0. The van der Waals surface area contributed by atoms with Gasteiger partial charge in [-0.15, -0.1) is 0 Å². The van der Waals surface area contributed by atoms with E-state index in [1.54, 1.807) is 0 Å². The maximum Gasteiger partial charge on any atom is 2.00 e. The summed E-state index contributed by atoms with van der Waals surface area (Å²) in [7, 11) is -21.1. The summed E-state index contributed by atoms with van der Waals surface area (Å²) >= 11 is 0. The van der Waals surface area contributed by atoms with E-state index in [0.29, 0.717) is 0 Å². The normalized spacial score (nSPS) is 14.8. The van der Waals surface area contributed by atoms with Crippen LogP contribution in [-0.4, -0.2) is 24.5 Å². The third kappa shape index (κ3) is 36.8. The Balaban J connectivity index is -0.000000116. The minimum absolute atomic E-state index is 0. The zero-order valence-corrected chi connectivity index (χ0v) is 15.7. The Kier molecular flexibility index (Phi) is 16.1. The Morgan fingerprint density at radius 3 is 0.950 bits per heavy atom. The van der Waals surface area contributed by atoms with Crippen molar-refractivity contribution in [2.24, 2.45) is 0 Å². The van der Waals surface area contributed by atoms with Crippen LogP contribution in [0, 0.1) is 0 Å². The Morgan fingerprint density at radius 2 is 0.950 bits per heavy atom. The molecule has 20 heavy (non-hydrogen) atoms. The molecule has 14 nitrogen and oxygen atoms in total. The molecule has 0 aliphatic rings. The van der Waals surface area contributed by atoms with Gasteiger partial charge in [0.1, 0.15) is 0 Å². The van der Waals surface area contributed by atoms with Crippen LogP contribution in [0.2, 0.25) is 0 Å². The van der Waals surface area contributed by atoms with Crippen LogP contribution in [-0.2, 0) is 43.7 Å². The zero-order chi connectivity index (χ0) is 15.4. The smallest absolute Gasteiger partial charge is 0.790 e. The van der Waals surface area contributed by atoms with Crippen molar-refractivity contribution in [1.29, 1.82) is 0 Å². The van der Waals surface area contributed by atoms with E-state index >= 15 is 0 Å². The molecule has 0 aromatic carbocycles. The molecule has 0 aromatic heterocycles. The van der Waals surface area contributed by atoms with Crippen LogP contribution in [0.5, 0.6) is 0 Å². The molecule has 1 radical (unpaired) electrons. The minimum atomic E-state index is -5.61. The molecule has 0 fully saturated rings. The van der Waals surface area contributed by atoms with E-state index < -0.39 is 31.3 Å². The third-order valence-corrected chi connectivity index (χ3v) is 3.74. The number of hydrogen-bond acceptors (Lipinski definition) is 9. The van der Waals surface area contributed by atoms with Gasteiger partial charge in [-0.2, -0.15) is 4.31 Å². The van der Waals surface area contributed by atoms with E-state index in [1.165, 1.54) is 0 Å². The zero-order valence-electron chi connectivity index (χ0n) is 9.03. The second-order valence-electron chi connectivity index (χ2n) is 2.06. The Bertz CT molecular complexity index is 348. The maximum absolute atomic E-state index is 9.63. The third-order valence-electron chi connectivity index (χ3n) is 0.416. The van der Waals surface area contributed by atoms with Crippen LogP contribution >= 0.6 is 31.3 Å². The largest absolute Gasteiger partial charge is 2.00 e. The molecule has 1 unspecified atom stereocenters. The average molecular weight is 435 g/mol. The van der Waals surface area contributed by atoms with E-state index in [0.717, 1.165) is 0 Å². The van der Waals surface area contributed by atoms with Crippen LogP contribution < -0.4 is 44.2 Å². The molecule has 0 bridgehead atoms. The van der Waals surface area contributed by atoms with Crippen LogP contribution in [0.1, 0.15) is 0 Å². The van der Waals surface area contributed by atoms with Crippen molar-refractivity contribution in [2.75, 3.05) is 0 Å². The monoisotopic (exact) mass is 435 g/mol. The Morgan fingerprint density at radius 1 is 0.700 bits per heavy atom. The van der Waals surface area contributed by atoms with Gasteiger partial charge in [-0.3, -0.25) is 8.88 Å². The molecule has 0 aliphatic carbocycles. The van der Waals surface area contributed by atoms with Crippen LogP contribution in [0.15, 0.2) is 0 Å². The molecule has 0 saturated heterocycles. The standard InChI is InChI=1S/Co.Na.2H4O7P2/c;;2*1-8(2,3)7-9(4,5)6/h;;2*(H2,1,2,3)(H2,4,5,6)/q+2;+1;;/p-3. The van der Waals surface area contributed by atoms with Gasteiger partial charge in [0.05, 0.1) is 7.82 Å². The van der Waals surface area contributed by atoms with Crippen molar-refractivity contribution in [3.05, 3.63) is 0 Å². The fourth-order valence-electron chi connectivity index (χ4n) is 0.265. The Hall–Kier alpha value is 2.03. The SMILES string of the molecule is O=P(O)(O)OP(=O)(O)O.O=P([O-])([O-])OP(=O)([O-])O.[Co+2].[Na+]. The van der Waals surface area contributed by atoms with Crippen molar-refractivity contribution in [3.63, 3.8) is 0 Å². The van der Waals surface area contributed by atoms with Crippen molar-refractivity contribution < 1.29 is 112 Å². The molecule has 0 saturated carbocycles. The minimum Gasteiger partial charge on any atom is -0.790 e. The topological polar surface area (TPSA) is 257 Å². The molecule has 0 aliphatic heterocycles. The molecule has 20 heteroatoms. The van der Waals surface area contributed by atoms with Gasteiger partial charge in [0, 0.05) is 0 Å². The first-order chi connectivity index (χ1) is 7.41. The quantitative estimate of drug-likeness (QED) is 0.203. The van der Waals surface area contributed by atoms with E-state index in [9.17, 15) is 32.9 Å². The van der Waals surface area contributed by atoms with Gasteiger partial charge in [-0.05, 0) is 0 Å². The summed E-state index contributed by atoms with van der Waals surface area (Å²) in [5, 5.41) is 0. The average Bonchev–Trinajstić information content (AvgIpc) is 1.64. The van der Waals surface area contributed by atoms with Crippen molar-refractivity contribution in [1.82, 2.24) is 0 Å². The van der Waals surface area contributed by atoms with E-state index in [-0.39, 0.29) is 46.3 Å². The first-order valence-electron chi connectivity index (χ1n) is 3.01. The molecule has 0 amide bonds. The fraction of sp³-hybridized carbons (Fsp3) is 0. The molecular formula is H5CoNaO14P4. The second-order valence-corrected chi connectivity index (χ2v) is 7.16. The number of phosphoric acid groups is 4. The summed E-state index contributed by atoms with van der Waals surface area (Å²) in [5.41, 5.74) is 0. The van der Waals surface area contributed by atoms with Gasteiger partial charge < -0.3 is 43.7 Å². The molecular weight excluding hydrogens is 430 g/mol. The van der Waals surface area contributed by atoms with Crippen LogP contribution in [0.3, 0.4) is 0 Å². The number of rotatable bonds is 4. The van der Waals surface area contributed by atoms with Gasteiger partial charge >= 0.3 is 62.0 Å². The summed E-state index contributed by atoms with van der Waals surface area (Å²) in [4.78, 5) is 66.7. The first-order valence-corrected chi connectivity index (χ1v) is 9.02. The predicted octanol–water partition coefficient (Wildman–Crippen LogP) is -6.52. The van der Waals surface area contributed by atoms with Crippen molar-refractivity contribution in [3.8, 4) is 0 Å². The van der Waals surface area contributed by atoms with Crippen molar-refractivity contribution >= 4 is 31.3 Å². The molecule has 0 heterocycles. The number of hydrogen-bond donors (Lipinski definition) is 5. The Labute approximate surface area is 143 Å². The van der Waals surface area contributed by atoms with Gasteiger partial charge in [0.15, 0.2) is 0 Å². The van der Waals surface area contributed by atoms with E-state index in [1.807, 2.05) is 0 Å². The predicted molar refractivity (Wildman–Crippen MR) is 43.7 cm³/mol. The summed E-state index contributed by atoms with van der Waals surface area (Å²) < 4.78 is 43.6. The molecule has 0 spiro atoms. The molecule has 0 rings (SSSR count). The summed E-state index contributed by atoms with van der Waals surface area (Å²) in [6.45, 7) is 0. The molecule has 0 aromatic rings. The van der Waals surface area contributed by atoms with E-state index in [4.69, 9.17) is 24.5 Å². The van der Waals surface area contributed by atoms with Gasteiger partial charge in [0.2, 0.25) is 0 Å². The first kappa shape index (κ1) is 30.0. The molecule has 1 atom stereocenters. The van der Waals surface area contributed by atoms with Crippen LogP contribution in [0.25, 0.3) is 0 Å². The molecule has 119 valence electrons. The van der Waals surface area contributed by atoms with Crippen molar-refractivity contribution in [2.45, 2.75) is 0 Å². The summed E-state index contributed by atoms with van der Waals surface area (Å²) in [6.07, 6.45) is 0. The maximum atomic E-state index is 9.63. The van der Waals surface area contributed by atoms with Crippen LogP contribution in [0.4, 0.5) is 0 Å². The molecule has 5 N–H and O–H groups in total.